The van der Waals surface area contributed by atoms with Gasteiger partial charge in [0.15, 0.2) is 11.3 Å². The van der Waals surface area contributed by atoms with Crippen molar-refractivity contribution in [3.63, 3.8) is 0 Å². The van der Waals surface area contributed by atoms with Crippen molar-refractivity contribution in [3.05, 3.63) is 205 Å². The average molecular weight is 941 g/mol. The lowest BCUT2D eigenvalue weighted by Crippen LogP contribution is -2.24. The van der Waals surface area contributed by atoms with Gasteiger partial charge in [-0.15, -0.1) is 0 Å². The van der Waals surface area contributed by atoms with Crippen molar-refractivity contribution in [2.75, 3.05) is 16.5 Å². The quantitative estimate of drug-likeness (QED) is 0.159. The molecule has 356 valence electrons. The molecule has 0 fully saturated rings. The van der Waals surface area contributed by atoms with E-state index in [1.807, 2.05) is 12.1 Å². The number of fused-ring (bicyclic) bond motifs is 7. The number of ether oxygens (including phenoxy) is 1. The largest absolute Gasteiger partial charge is 0.453 e. The molecule has 0 radical (unpaired) electrons. The highest BCUT2D eigenvalue weighted by Gasteiger charge is 2.31. The number of benzene rings is 8. The minimum Gasteiger partial charge on any atom is -0.453 e. The maximum Gasteiger partial charge on any atom is 0.178 e. The Kier molecular flexibility index (Phi) is 10.5. The van der Waals surface area contributed by atoms with Gasteiger partial charge in [-0.1, -0.05) is 165 Å². The smallest absolute Gasteiger partial charge is 0.178 e. The fraction of sp³-hybridized carbons (Fsp3) is 0.197. The number of hydrogen-bond acceptors (Lipinski definition) is 5. The van der Waals surface area contributed by atoms with Gasteiger partial charge in [0.25, 0.3) is 0 Å². The molecule has 0 unspecified atom stereocenters. The van der Waals surface area contributed by atoms with Crippen LogP contribution < -0.4 is 14.5 Å². The molecule has 0 bridgehead atoms. The fourth-order valence-corrected chi connectivity index (χ4v) is 10.6. The second kappa shape index (κ2) is 16.8. The van der Waals surface area contributed by atoms with Gasteiger partial charge >= 0.3 is 0 Å². The summed E-state index contributed by atoms with van der Waals surface area (Å²) in [6, 6.07) is 65.5. The van der Waals surface area contributed by atoms with Gasteiger partial charge in [0.05, 0.1) is 22.4 Å². The molecule has 0 amide bonds. The maximum atomic E-state index is 7.18. The molecular weight excluding hydrogens is 881 g/mol. The molecule has 1 aliphatic heterocycles. The molecule has 6 heteroatoms. The molecule has 72 heavy (non-hydrogen) atoms. The molecule has 3 aromatic heterocycles. The number of para-hydroxylation sites is 3. The van der Waals surface area contributed by atoms with E-state index < -0.39 is 0 Å². The summed E-state index contributed by atoms with van der Waals surface area (Å²) in [5, 5.41) is 4.30. The van der Waals surface area contributed by atoms with E-state index >= 15 is 0 Å². The third-order valence-corrected chi connectivity index (χ3v) is 14.6. The summed E-state index contributed by atoms with van der Waals surface area (Å²) < 4.78 is 16.2. The van der Waals surface area contributed by atoms with E-state index in [1.54, 1.807) is 0 Å². The van der Waals surface area contributed by atoms with Crippen LogP contribution in [0.3, 0.4) is 0 Å². The van der Waals surface area contributed by atoms with Crippen LogP contribution in [0.25, 0.3) is 71.8 Å². The third kappa shape index (κ3) is 7.86. The predicted octanol–water partition coefficient (Wildman–Crippen LogP) is 18.3. The van der Waals surface area contributed by atoms with Crippen LogP contribution in [0.1, 0.15) is 79.0 Å². The van der Waals surface area contributed by atoms with E-state index in [0.29, 0.717) is 23.8 Å². The Balaban J connectivity index is 1.01. The van der Waals surface area contributed by atoms with Crippen LogP contribution in [0.5, 0.6) is 11.5 Å². The van der Waals surface area contributed by atoms with Crippen LogP contribution in [-0.4, -0.2) is 16.2 Å². The van der Waals surface area contributed by atoms with E-state index in [-0.39, 0.29) is 16.2 Å². The molecule has 0 saturated heterocycles. The van der Waals surface area contributed by atoms with Crippen LogP contribution in [0, 0.1) is 0 Å². The zero-order valence-corrected chi connectivity index (χ0v) is 42.7. The predicted molar refractivity (Wildman–Crippen MR) is 301 cm³/mol. The van der Waals surface area contributed by atoms with Crippen molar-refractivity contribution in [1.82, 2.24) is 9.55 Å². The highest BCUT2D eigenvalue weighted by molar-refractivity contribution is 6.11. The van der Waals surface area contributed by atoms with Crippen LogP contribution in [0.2, 0.25) is 0 Å². The van der Waals surface area contributed by atoms with Crippen molar-refractivity contribution >= 4 is 66.5 Å². The lowest BCUT2D eigenvalue weighted by molar-refractivity contribution is 0.477. The van der Waals surface area contributed by atoms with E-state index in [2.05, 4.69) is 253 Å². The highest BCUT2D eigenvalue weighted by Crippen LogP contribution is 2.49. The third-order valence-electron chi connectivity index (χ3n) is 14.6. The zero-order valence-electron chi connectivity index (χ0n) is 42.7. The summed E-state index contributed by atoms with van der Waals surface area (Å²) in [5.74, 6) is 2.20. The first kappa shape index (κ1) is 45.1. The Bertz CT molecular complexity index is 3880. The minimum atomic E-state index is -0.171. The summed E-state index contributed by atoms with van der Waals surface area (Å²) in [6.45, 7) is 21.1. The Labute approximate surface area is 422 Å². The summed E-state index contributed by atoms with van der Waals surface area (Å²) >= 11 is 0. The maximum absolute atomic E-state index is 7.18. The number of pyridine rings is 1. The number of rotatable bonds is 7. The second-order valence-electron chi connectivity index (χ2n) is 22.6. The molecule has 0 aliphatic carbocycles. The molecule has 0 spiro atoms. The number of anilines is 4. The molecule has 0 N–H and O–H groups in total. The van der Waals surface area contributed by atoms with Gasteiger partial charge in [-0.2, -0.15) is 0 Å². The zero-order chi connectivity index (χ0) is 49.7. The standard InChI is InChI=1S/C66H60N4O2/c1-64(2,3)45-29-26-43(27-30-45)54-40-67-62(39-55(54)66(7,8)9)70-56-33-28-44(42-18-11-10-12-19-42)34-52(56)50-32-31-49(38-59(50)70)71-61-37-48(36-53-51-22-13-16-25-60(51)72-63(53)61)69-41-68(57-23-14-15-24-58(57)69)47-21-17-20-46(35-47)65(4,5)6/h10-40H,41H2,1-9H3. The lowest BCUT2D eigenvalue weighted by Gasteiger charge is -2.25. The first-order valence-corrected chi connectivity index (χ1v) is 25.2. The summed E-state index contributed by atoms with van der Waals surface area (Å²) in [4.78, 5) is 10.1. The van der Waals surface area contributed by atoms with E-state index in [9.17, 15) is 0 Å². The molecule has 11 aromatic rings. The van der Waals surface area contributed by atoms with Crippen LogP contribution in [0.4, 0.5) is 22.7 Å². The Morgan fingerprint density at radius 1 is 0.472 bits per heavy atom. The lowest BCUT2D eigenvalue weighted by atomic mass is 9.81. The van der Waals surface area contributed by atoms with Gasteiger partial charge in [-0.05, 0) is 116 Å². The molecule has 12 rings (SSSR count). The minimum absolute atomic E-state index is 0.0207. The first-order chi connectivity index (χ1) is 34.6. The van der Waals surface area contributed by atoms with Gasteiger partial charge in [0, 0.05) is 56.8 Å². The van der Waals surface area contributed by atoms with Crippen molar-refractivity contribution in [3.8, 4) is 39.6 Å². The molecule has 6 nitrogen and oxygen atoms in total. The summed E-state index contributed by atoms with van der Waals surface area (Å²) in [6.07, 6.45) is 2.07. The van der Waals surface area contributed by atoms with Crippen LogP contribution >= 0.6 is 0 Å². The summed E-state index contributed by atoms with van der Waals surface area (Å²) in [5.41, 5.74) is 16.5. The monoisotopic (exact) mass is 940 g/mol. The summed E-state index contributed by atoms with van der Waals surface area (Å²) in [7, 11) is 0. The molecule has 0 saturated carbocycles. The first-order valence-electron chi connectivity index (χ1n) is 25.2. The number of nitrogens with zero attached hydrogens (tertiary/aromatic N) is 4. The van der Waals surface area contributed by atoms with Gasteiger partial charge in [-0.25, -0.2) is 4.98 Å². The molecule has 0 atom stereocenters. The topological polar surface area (TPSA) is 46.7 Å². The van der Waals surface area contributed by atoms with Crippen molar-refractivity contribution in [1.29, 1.82) is 0 Å². The van der Waals surface area contributed by atoms with Gasteiger partial charge in [0.2, 0.25) is 0 Å². The molecule has 8 aromatic carbocycles. The van der Waals surface area contributed by atoms with Crippen molar-refractivity contribution < 1.29 is 9.15 Å². The van der Waals surface area contributed by atoms with Crippen LogP contribution in [0.15, 0.2) is 193 Å². The Hall–Kier alpha value is -8.09. The van der Waals surface area contributed by atoms with Gasteiger partial charge < -0.3 is 19.0 Å². The number of furan rings is 1. The molecule has 1 aliphatic rings. The van der Waals surface area contributed by atoms with E-state index in [1.165, 1.54) is 22.3 Å². The SMILES string of the molecule is CC(C)(C)c1ccc(-c2cnc(-n3c4ccc(-c5ccccc5)cc4c4ccc(Oc5cc(N6CN(c7cccc(C(C)(C)C)c7)c7ccccc76)cc6c5oc5ccccc56)cc43)cc2C(C)(C)C)cc1. The van der Waals surface area contributed by atoms with E-state index in [4.69, 9.17) is 14.1 Å². The van der Waals surface area contributed by atoms with Gasteiger partial charge in [0.1, 0.15) is 23.8 Å². The number of hydrogen-bond donors (Lipinski definition) is 0. The highest BCUT2D eigenvalue weighted by atomic mass is 16.5. The van der Waals surface area contributed by atoms with Crippen LogP contribution in [-0.2, 0) is 16.2 Å². The number of aromatic nitrogens is 2. The van der Waals surface area contributed by atoms with E-state index in [0.717, 1.165) is 83.4 Å². The fourth-order valence-electron chi connectivity index (χ4n) is 10.6. The molecular formula is C66H60N4O2. The van der Waals surface area contributed by atoms with Crippen molar-refractivity contribution in [2.24, 2.45) is 0 Å². The average Bonchev–Trinajstić information content (AvgIpc) is 4.06. The van der Waals surface area contributed by atoms with Crippen molar-refractivity contribution in [2.45, 2.75) is 78.6 Å². The second-order valence-corrected chi connectivity index (χ2v) is 22.6. The van der Waals surface area contributed by atoms with Gasteiger partial charge in [-0.3, -0.25) is 4.57 Å². The Morgan fingerprint density at radius 3 is 1.90 bits per heavy atom. The normalized spacial score (nSPS) is 13.2. The Morgan fingerprint density at radius 2 is 1.17 bits per heavy atom. The molecule has 4 heterocycles.